The van der Waals surface area contributed by atoms with Gasteiger partial charge >= 0.3 is 0 Å². The number of hydrogen-bond acceptors (Lipinski definition) is 7. The minimum Gasteiger partial charge on any atom is -0.493 e. The number of nitrogens with one attached hydrogen (secondary N) is 2. The number of sulfone groups is 1. The van der Waals surface area contributed by atoms with Crippen molar-refractivity contribution in [1.29, 1.82) is 0 Å². The molecule has 160 valence electrons. The van der Waals surface area contributed by atoms with Crippen molar-refractivity contribution < 1.29 is 32.2 Å². The largest absolute Gasteiger partial charge is 0.493 e. The van der Waals surface area contributed by atoms with E-state index in [1.165, 1.54) is 39.3 Å². The molecule has 0 saturated carbocycles. The molecule has 0 spiro atoms. The van der Waals surface area contributed by atoms with Gasteiger partial charge in [-0.1, -0.05) is 0 Å². The predicted octanol–water partition coefficient (Wildman–Crippen LogP) is 2.23. The maximum atomic E-state index is 12.9. The summed E-state index contributed by atoms with van der Waals surface area (Å²) in [5.74, 6) is 0.518. The number of fused-ring (bicyclic) bond motifs is 1. The van der Waals surface area contributed by atoms with Crippen molar-refractivity contribution in [3.8, 4) is 17.2 Å². The van der Waals surface area contributed by atoms with E-state index in [0.29, 0.717) is 22.9 Å². The van der Waals surface area contributed by atoms with Crippen LogP contribution in [0.2, 0.25) is 0 Å². The van der Waals surface area contributed by atoms with Gasteiger partial charge in [-0.3, -0.25) is 9.59 Å². The maximum absolute atomic E-state index is 12.9. The Morgan fingerprint density at radius 3 is 2.60 bits per heavy atom. The first-order chi connectivity index (χ1) is 14.2. The number of hydrogen-bond donors (Lipinski definition) is 2. The summed E-state index contributed by atoms with van der Waals surface area (Å²) < 4.78 is 41.4. The Labute approximate surface area is 174 Å². The normalized spacial score (nSPS) is 14.0. The summed E-state index contributed by atoms with van der Waals surface area (Å²) in [6.07, 6.45) is -0.253. The molecule has 1 aliphatic heterocycles. The van der Waals surface area contributed by atoms with Crippen LogP contribution in [0.1, 0.15) is 13.3 Å². The van der Waals surface area contributed by atoms with Gasteiger partial charge in [-0.15, -0.1) is 0 Å². The summed E-state index contributed by atoms with van der Waals surface area (Å²) in [5, 5.41) is 4.25. The summed E-state index contributed by atoms with van der Waals surface area (Å²) in [6, 6.07) is 9.07. The van der Waals surface area contributed by atoms with Crippen molar-refractivity contribution >= 4 is 33.0 Å². The molecule has 2 aromatic rings. The van der Waals surface area contributed by atoms with Crippen molar-refractivity contribution in [3.63, 3.8) is 0 Å². The van der Waals surface area contributed by atoms with Gasteiger partial charge in [0.2, 0.25) is 5.91 Å². The van der Waals surface area contributed by atoms with E-state index < -0.39 is 21.0 Å². The molecule has 10 heteroatoms. The van der Waals surface area contributed by atoms with Gasteiger partial charge in [-0.05, 0) is 37.3 Å². The SMILES string of the molecule is COc1ccc(NC(=O)C[C@@H](C)S(=O)(=O)c2ccc3c(c2)NC(=O)CO3)cc1OC. The number of rotatable bonds is 7. The van der Waals surface area contributed by atoms with E-state index in [4.69, 9.17) is 14.2 Å². The summed E-state index contributed by atoms with van der Waals surface area (Å²) in [4.78, 5) is 23.9. The van der Waals surface area contributed by atoms with Crippen LogP contribution >= 0.6 is 0 Å². The quantitative estimate of drug-likeness (QED) is 0.686. The fourth-order valence-corrected chi connectivity index (χ4v) is 4.34. The van der Waals surface area contributed by atoms with Crippen molar-refractivity contribution in [2.45, 2.75) is 23.5 Å². The molecule has 0 saturated heterocycles. The zero-order chi connectivity index (χ0) is 21.9. The molecule has 2 amide bonds. The molecule has 0 aliphatic carbocycles. The van der Waals surface area contributed by atoms with Crippen molar-refractivity contribution in [2.75, 3.05) is 31.5 Å². The smallest absolute Gasteiger partial charge is 0.262 e. The number of methoxy groups -OCH3 is 2. The molecule has 0 fully saturated rings. The summed E-state index contributed by atoms with van der Waals surface area (Å²) in [5.41, 5.74) is 0.741. The molecule has 1 aliphatic rings. The number of carbonyl (C=O) groups is 2. The highest BCUT2D eigenvalue weighted by Gasteiger charge is 2.28. The Bertz CT molecular complexity index is 1080. The molecule has 2 N–H and O–H groups in total. The molecular weight excluding hydrogens is 412 g/mol. The molecule has 1 heterocycles. The summed E-state index contributed by atoms with van der Waals surface area (Å²) in [7, 11) is -0.836. The van der Waals surface area contributed by atoms with Gasteiger partial charge < -0.3 is 24.8 Å². The number of carbonyl (C=O) groups excluding carboxylic acids is 2. The maximum Gasteiger partial charge on any atom is 0.262 e. The lowest BCUT2D eigenvalue weighted by Crippen LogP contribution is -2.27. The van der Waals surface area contributed by atoms with Crippen LogP contribution < -0.4 is 24.8 Å². The Hall–Kier alpha value is -3.27. The molecule has 30 heavy (non-hydrogen) atoms. The van der Waals surface area contributed by atoms with E-state index in [1.54, 1.807) is 18.2 Å². The molecule has 0 aromatic heterocycles. The second kappa shape index (κ2) is 8.62. The van der Waals surface area contributed by atoms with Crippen molar-refractivity contribution in [1.82, 2.24) is 0 Å². The third-order valence-corrected chi connectivity index (χ3v) is 6.72. The van der Waals surface area contributed by atoms with Gasteiger partial charge in [0.25, 0.3) is 5.91 Å². The van der Waals surface area contributed by atoms with Gasteiger partial charge in [-0.2, -0.15) is 0 Å². The number of amides is 2. The zero-order valence-corrected chi connectivity index (χ0v) is 17.5. The Kier molecular flexibility index (Phi) is 6.16. The van der Waals surface area contributed by atoms with E-state index in [0.717, 1.165) is 0 Å². The van der Waals surface area contributed by atoms with Crippen molar-refractivity contribution in [3.05, 3.63) is 36.4 Å². The highest BCUT2D eigenvalue weighted by molar-refractivity contribution is 7.92. The molecule has 2 aromatic carbocycles. The standard InChI is InChI=1S/C20H22N2O7S/c1-12(8-19(23)21-13-4-6-17(27-2)18(9-13)28-3)30(25,26)14-5-7-16-15(10-14)22-20(24)11-29-16/h4-7,9-10,12H,8,11H2,1-3H3,(H,21,23)(H,22,24)/t12-/m1/s1. The van der Waals surface area contributed by atoms with Crippen LogP contribution in [-0.2, 0) is 19.4 Å². The van der Waals surface area contributed by atoms with Gasteiger partial charge in [0.1, 0.15) is 5.75 Å². The van der Waals surface area contributed by atoms with E-state index >= 15 is 0 Å². The van der Waals surface area contributed by atoms with Crippen LogP contribution in [0.5, 0.6) is 17.2 Å². The molecular formula is C20H22N2O7S. The monoisotopic (exact) mass is 434 g/mol. The first-order valence-electron chi connectivity index (χ1n) is 9.07. The Morgan fingerprint density at radius 2 is 1.90 bits per heavy atom. The van der Waals surface area contributed by atoms with Crippen LogP contribution in [0.25, 0.3) is 0 Å². The number of anilines is 2. The minimum absolute atomic E-state index is 0.00142. The second-order valence-corrected chi connectivity index (χ2v) is 9.04. The van der Waals surface area contributed by atoms with E-state index in [-0.39, 0.29) is 29.5 Å². The summed E-state index contributed by atoms with van der Waals surface area (Å²) in [6.45, 7) is 1.34. The van der Waals surface area contributed by atoms with Gasteiger partial charge in [0.15, 0.2) is 27.9 Å². The number of ether oxygens (including phenoxy) is 3. The number of benzene rings is 2. The minimum atomic E-state index is -3.81. The third-order valence-electron chi connectivity index (χ3n) is 4.58. The topological polar surface area (TPSA) is 120 Å². The molecule has 0 bridgehead atoms. The highest BCUT2D eigenvalue weighted by Crippen LogP contribution is 2.32. The third kappa shape index (κ3) is 4.48. The fourth-order valence-electron chi connectivity index (χ4n) is 2.97. The first kappa shape index (κ1) is 21.4. The molecule has 3 rings (SSSR count). The van der Waals surface area contributed by atoms with Crippen LogP contribution in [0.15, 0.2) is 41.3 Å². The average Bonchev–Trinajstić information content (AvgIpc) is 2.72. The predicted molar refractivity (Wildman–Crippen MR) is 110 cm³/mol. The lowest BCUT2D eigenvalue weighted by molar-refractivity contribution is -0.118. The van der Waals surface area contributed by atoms with Gasteiger partial charge in [0, 0.05) is 18.2 Å². The molecule has 9 nitrogen and oxygen atoms in total. The molecule has 1 atom stereocenters. The van der Waals surface area contributed by atoms with E-state index in [1.807, 2.05) is 0 Å². The molecule has 0 radical (unpaired) electrons. The van der Waals surface area contributed by atoms with E-state index in [9.17, 15) is 18.0 Å². The van der Waals surface area contributed by atoms with Crippen molar-refractivity contribution in [2.24, 2.45) is 0 Å². The molecule has 0 unspecified atom stereocenters. The van der Waals surface area contributed by atoms with Crippen LogP contribution in [0.3, 0.4) is 0 Å². The van der Waals surface area contributed by atoms with Crippen LogP contribution in [0, 0.1) is 0 Å². The Morgan fingerprint density at radius 1 is 1.17 bits per heavy atom. The van der Waals surface area contributed by atoms with Gasteiger partial charge in [-0.25, -0.2) is 8.42 Å². The lowest BCUT2D eigenvalue weighted by atomic mass is 10.2. The fraction of sp³-hybridized carbons (Fsp3) is 0.300. The average molecular weight is 434 g/mol. The highest BCUT2D eigenvalue weighted by atomic mass is 32.2. The first-order valence-corrected chi connectivity index (χ1v) is 10.6. The van der Waals surface area contributed by atoms with Gasteiger partial charge in [0.05, 0.1) is 30.1 Å². The van der Waals surface area contributed by atoms with Crippen LogP contribution in [-0.4, -0.2) is 46.3 Å². The second-order valence-electron chi connectivity index (χ2n) is 6.67. The zero-order valence-electron chi connectivity index (χ0n) is 16.7. The lowest BCUT2D eigenvalue weighted by Gasteiger charge is -2.19. The summed E-state index contributed by atoms with van der Waals surface area (Å²) >= 11 is 0. The Balaban J connectivity index is 1.72. The van der Waals surface area contributed by atoms with Crippen LogP contribution in [0.4, 0.5) is 11.4 Å². The van der Waals surface area contributed by atoms with E-state index in [2.05, 4.69) is 10.6 Å².